The van der Waals surface area contributed by atoms with Crippen molar-refractivity contribution in [3.63, 3.8) is 0 Å². The van der Waals surface area contributed by atoms with Crippen molar-refractivity contribution in [1.29, 1.82) is 0 Å². The maximum atomic E-state index is 2.38. The van der Waals surface area contributed by atoms with E-state index in [1.54, 1.807) is 0 Å². The summed E-state index contributed by atoms with van der Waals surface area (Å²) in [7, 11) is 0. The van der Waals surface area contributed by atoms with E-state index in [4.69, 9.17) is 0 Å². The summed E-state index contributed by atoms with van der Waals surface area (Å²) >= 11 is 0. The van der Waals surface area contributed by atoms with Crippen LogP contribution >= 0.6 is 19.0 Å². The normalized spacial score (nSPS) is 12.3. The van der Waals surface area contributed by atoms with Gasteiger partial charge in [-0.3, -0.25) is 0 Å². The van der Waals surface area contributed by atoms with E-state index in [0.29, 0.717) is 0 Å². The Labute approximate surface area is 219 Å². The summed E-state index contributed by atoms with van der Waals surface area (Å²) < 4.78 is 0. The Morgan fingerprint density at radius 1 is 0.306 bits per heavy atom. The molecule has 0 spiro atoms. The summed E-state index contributed by atoms with van der Waals surface area (Å²) in [5, 5.41) is 9.32. The average molecular weight is 503 g/mol. The second kappa shape index (κ2) is 9.75. The van der Waals surface area contributed by atoms with E-state index in [9.17, 15) is 0 Å². The Kier molecular flexibility index (Phi) is 6.50. The van der Waals surface area contributed by atoms with Crippen molar-refractivity contribution in [2.45, 2.75) is 0 Å². The van der Waals surface area contributed by atoms with Crippen molar-refractivity contribution in [2.75, 3.05) is 0 Å². The third-order valence-electron chi connectivity index (χ3n) is 7.34. The molecule has 0 aliphatic rings. The van der Waals surface area contributed by atoms with Gasteiger partial charge in [0.15, 0.2) is 0 Å². The molecule has 0 aromatic heterocycles. The molecule has 0 saturated heterocycles. The predicted molar refractivity (Wildman–Crippen MR) is 162 cm³/mol. The number of hydrogen-bond donors (Lipinski definition) is 0. The zero-order chi connectivity index (χ0) is 23.6. The molecule has 6 aromatic rings. The molecule has 0 fully saturated rings. The third-order valence-corrected chi connectivity index (χ3v) is 14.0. The monoisotopic (exact) mass is 502 g/mol. The van der Waals surface area contributed by atoms with E-state index in [1.807, 2.05) is 0 Å². The van der Waals surface area contributed by atoms with E-state index in [1.165, 1.54) is 37.3 Å². The average Bonchev–Trinajstić information content (AvgIpc) is 2.96. The van der Waals surface area contributed by atoms with Gasteiger partial charge in [-0.1, -0.05) is 0 Å². The fourth-order valence-corrected chi connectivity index (χ4v) is 13.0. The zero-order valence-corrected chi connectivity index (χ0v) is 21.7. The summed E-state index contributed by atoms with van der Waals surface area (Å²) in [5.74, 6) is 0. The first-order chi connectivity index (χ1) is 17.4. The van der Waals surface area contributed by atoms with E-state index in [2.05, 4.69) is 164 Å². The van der Waals surface area contributed by atoms with E-state index in [0.717, 1.165) is 0 Å². The molecule has 0 unspecified atom stereocenters. The van der Waals surface area contributed by atoms with Crippen molar-refractivity contribution >= 4 is 56.3 Å². The molecule has 0 amide bonds. The second-order valence-corrected chi connectivity index (χ2v) is 13.7. The quantitative estimate of drug-likeness (QED) is 0.229. The van der Waals surface area contributed by atoms with Crippen LogP contribution in [0.4, 0.5) is 0 Å². The summed E-state index contributed by atoms with van der Waals surface area (Å²) in [5.41, 5.74) is 0. The fraction of sp³-hybridized carbons (Fsp3) is 0. The van der Waals surface area contributed by atoms with Gasteiger partial charge < -0.3 is 0 Å². The van der Waals surface area contributed by atoms with Crippen LogP contribution in [0.2, 0.25) is 0 Å². The number of rotatable bonds is 5. The van der Waals surface area contributed by atoms with Gasteiger partial charge in [-0.25, -0.2) is 0 Å². The molecule has 0 nitrogen and oxygen atoms in total. The van der Waals surface area contributed by atoms with Crippen molar-refractivity contribution < 1.29 is 0 Å². The van der Waals surface area contributed by atoms with Gasteiger partial charge in [0.1, 0.15) is 0 Å². The van der Waals surface area contributed by atoms with Gasteiger partial charge in [-0.2, -0.15) is 0 Å². The molecule has 0 radical (unpaired) electrons. The van der Waals surface area contributed by atoms with Crippen LogP contribution in [-0.2, 0) is 0 Å². The Hall–Kier alpha value is -3.70. The van der Waals surface area contributed by atoms with Crippen LogP contribution in [0.25, 0.3) is 10.8 Å². The van der Waals surface area contributed by atoms with E-state index >= 15 is 0 Å². The van der Waals surface area contributed by atoms with Crippen LogP contribution in [0.15, 0.2) is 164 Å². The minimum atomic E-state index is -3.43. The molecule has 6 rings (SSSR count). The predicted octanol–water partition coefficient (Wildman–Crippen LogP) is 6.74. The van der Waals surface area contributed by atoms with Crippen molar-refractivity contribution in [1.82, 2.24) is 0 Å². The molecule has 36 heavy (non-hydrogen) atoms. The Morgan fingerprint density at radius 3 is 1.06 bits per heavy atom. The van der Waals surface area contributed by atoms with E-state index in [-0.39, 0.29) is 12.4 Å². The zero-order valence-electron chi connectivity index (χ0n) is 19.9. The van der Waals surface area contributed by atoms with Gasteiger partial charge in [0.25, 0.3) is 0 Å². The molecule has 0 aliphatic carbocycles. The van der Waals surface area contributed by atoms with Crippen LogP contribution in [-0.4, -0.2) is 0 Å². The molecule has 0 saturated carbocycles. The number of hydrogen-bond acceptors (Lipinski definition) is 0. The van der Waals surface area contributed by atoms with E-state index < -0.39 is 6.60 Å². The summed E-state index contributed by atoms with van der Waals surface area (Å²) in [4.78, 5) is 0. The summed E-state index contributed by atoms with van der Waals surface area (Å²) in [6, 6.07) is 60.4. The molecule has 176 valence electrons. The molecular weight excluding hydrogens is 475 g/mol. The first kappa shape index (κ1) is 24.0. The van der Waals surface area contributed by atoms with Gasteiger partial charge >= 0.3 is 208 Å². The van der Waals surface area contributed by atoms with Crippen molar-refractivity contribution in [3.05, 3.63) is 164 Å². The fourth-order valence-electron chi connectivity index (χ4n) is 5.95. The topological polar surface area (TPSA) is 0 Å². The first-order valence-corrected chi connectivity index (χ1v) is 14.3. The molecule has 0 N–H and O–H groups in total. The van der Waals surface area contributed by atoms with Crippen LogP contribution in [0, 0.1) is 0 Å². The standard InChI is InChI=1S/C34H27P.ClH/c1-5-18-29(19-6-1)35(30-20-7-2-8-21-30,31-22-9-3-10-23-31,32-24-11-4-12-25-32)34-27-15-17-28-16-13-14-26-33(28)34;/h1-27H;1H. The summed E-state index contributed by atoms with van der Waals surface area (Å²) in [6.07, 6.45) is 0. The van der Waals surface area contributed by atoms with Crippen LogP contribution < -0.4 is 26.5 Å². The van der Waals surface area contributed by atoms with Gasteiger partial charge in [-0.15, -0.1) is 12.4 Å². The molecule has 0 aliphatic heterocycles. The Morgan fingerprint density at radius 2 is 0.639 bits per heavy atom. The number of fused-ring (bicyclic) bond motifs is 1. The van der Waals surface area contributed by atoms with Gasteiger partial charge in [0.2, 0.25) is 0 Å². The van der Waals surface area contributed by atoms with Crippen molar-refractivity contribution in [3.8, 4) is 0 Å². The SMILES string of the molecule is Cl.c1ccc(P(c2ccccc2)(c2ccccc2)(c2ccccc2)c2cccc3ccccc23)cc1. The summed E-state index contributed by atoms with van der Waals surface area (Å²) in [6.45, 7) is -3.43. The molecular formula is C34H28ClP. The number of benzene rings is 6. The van der Waals surface area contributed by atoms with Crippen LogP contribution in [0.5, 0.6) is 0 Å². The van der Waals surface area contributed by atoms with Gasteiger partial charge in [-0.05, 0) is 0 Å². The molecule has 0 atom stereocenters. The Bertz CT molecular complexity index is 1410. The molecule has 2 heteroatoms. The molecule has 0 bridgehead atoms. The minimum absolute atomic E-state index is 0. The maximum absolute atomic E-state index is 3.43. The molecule has 0 heterocycles. The molecule has 6 aromatic carbocycles. The van der Waals surface area contributed by atoms with Crippen LogP contribution in [0.1, 0.15) is 0 Å². The van der Waals surface area contributed by atoms with Gasteiger partial charge in [0, 0.05) is 0 Å². The van der Waals surface area contributed by atoms with Crippen LogP contribution in [0.3, 0.4) is 0 Å². The number of halogens is 1. The van der Waals surface area contributed by atoms with Gasteiger partial charge in [0.05, 0.1) is 0 Å². The second-order valence-electron chi connectivity index (χ2n) is 8.96. The third kappa shape index (κ3) is 3.26. The first-order valence-electron chi connectivity index (χ1n) is 12.1. The van der Waals surface area contributed by atoms with Crippen molar-refractivity contribution in [2.24, 2.45) is 0 Å². The Balaban J connectivity index is 0.00000267.